The molecule has 6 heteroatoms. The van der Waals surface area contributed by atoms with E-state index >= 15 is 0 Å². The molecule has 1 heterocycles. The summed E-state index contributed by atoms with van der Waals surface area (Å²) in [7, 11) is 0. The summed E-state index contributed by atoms with van der Waals surface area (Å²) < 4.78 is 2.07. The largest absolute Gasteiger partial charge is 0.378 e. The van der Waals surface area contributed by atoms with E-state index in [2.05, 4.69) is 26.2 Å². The van der Waals surface area contributed by atoms with E-state index in [1.807, 2.05) is 35.8 Å². The first kappa shape index (κ1) is 14.1. The van der Waals surface area contributed by atoms with Crippen LogP contribution in [-0.4, -0.2) is 4.98 Å². The number of aromatic nitrogens is 1. The van der Waals surface area contributed by atoms with Crippen LogP contribution in [-0.2, 0) is 6.54 Å². The molecule has 0 saturated carbocycles. The zero-order valence-electron chi connectivity index (χ0n) is 10.2. The Morgan fingerprint density at radius 2 is 2.00 bits per heavy atom. The van der Waals surface area contributed by atoms with Crippen molar-refractivity contribution in [2.24, 2.45) is 0 Å². The highest BCUT2D eigenvalue weighted by atomic mass is 79.9. The number of nitrogens with zero attached hydrogens (tertiary/aromatic N) is 1. The number of benzene rings is 2. The first-order chi connectivity index (χ1) is 9.65. The number of rotatable bonds is 3. The fourth-order valence-electron chi connectivity index (χ4n) is 1.92. The van der Waals surface area contributed by atoms with Gasteiger partial charge in [-0.05, 0) is 29.8 Å². The van der Waals surface area contributed by atoms with Crippen LogP contribution in [0, 0.1) is 0 Å². The van der Waals surface area contributed by atoms with Crippen molar-refractivity contribution in [3.05, 3.63) is 55.9 Å². The molecule has 0 spiro atoms. The predicted octanol–water partition coefficient (Wildman–Crippen LogP) is 5.98. The Hall–Kier alpha value is -0.810. The first-order valence-electron chi connectivity index (χ1n) is 5.84. The molecule has 0 unspecified atom stereocenters. The minimum Gasteiger partial charge on any atom is -0.378 e. The SMILES string of the molecule is Clc1cc(Br)ccc1CNc1c(Cl)ccc2scnc12. The Kier molecular flexibility index (Phi) is 4.17. The van der Waals surface area contributed by atoms with E-state index in [0.717, 1.165) is 25.9 Å². The van der Waals surface area contributed by atoms with Gasteiger partial charge in [-0.1, -0.05) is 45.2 Å². The van der Waals surface area contributed by atoms with Crippen molar-refractivity contribution in [1.29, 1.82) is 0 Å². The molecule has 0 saturated heterocycles. The summed E-state index contributed by atoms with van der Waals surface area (Å²) in [5.74, 6) is 0. The molecule has 0 aliphatic rings. The molecule has 0 atom stereocenters. The second kappa shape index (κ2) is 5.90. The Morgan fingerprint density at radius 3 is 2.80 bits per heavy atom. The molecule has 1 N–H and O–H groups in total. The number of nitrogens with one attached hydrogen (secondary N) is 1. The molecule has 0 amide bonds. The molecule has 20 heavy (non-hydrogen) atoms. The second-order valence-electron chi connectivity index (χ2n) is 4.21. The minimum atomic E-state index is 0.600. The molecular weight excluding hydrogens is 379 g/mol. The van der Waals surface area contributed by atoms with E-state index in [4.69, 9.17) is 23.2 Å². The van der Waals surface area contributed by atoms with Crippen molar-refractivity contribution in [3.63, 3.8) is 0 Å². The molecule has 102 valence electrons. The number of hydrogen-bond acceptors (Lipinski definition) is 3. The summed E-state index contributed by atoms with van der Waals surface area (Å²) in [6.07, 6.45) is 0. The standard InChI is InChI=1S/C14H9BrCl2N2S/c15-9-2-1-8(11(17)5-9)6-18-13-10(16)3-4-12-14(13)19-7-20-12/h1-5,7,18H,6H2. The van der Waals surface area contributed by atoms with Gasteiger partial charge < -0.3 is 5.32 Å². The van der Waals surface area contributed by atoms with Gasteiger partial charge in [0.05, 0.1) is 20.9 Å². The van der Waals surface area contributed by atoms with Gasteiger partial charge in [-0.25, -0.2) is 4.98 Å². The molecule has 0 bridgehead atoms. The van der Waals surface area contributed by atoms with Crippen LogP contribution in [0.2, 0.25) is 10.0 Å². The van der Waals surface area contributed by atoms with Gasteiger partial charge >= 0.3 is 0 Å². The molecule has 1 aromatic heterocycles. The van der Waals surface area contributed by atoms with Crippen LogP contribution >= 0.6 is 50.5 Å². The highest BCUT2D eigenvalue weighted by Crippen LogP contribution is 2.33. The van der Waals surface area contributed by atoms with Gasteiger partial charge in [-0.3, -0.25) is 0 Å². The van der Waals surface area contributed by atoms with Gasteiger partial charge in [0.15, 0.2) is 0 Å². The van der Waals surface area contributed by atoms with E-state index < -0.39 is 0 Å². The van der Waals surface area contributed by atoms with Crippen molar-refractivity contribution in [2.45, 2.75) is 6.54 Å². The van der Waals surface area contributed by atoms with Crippen LogP contribution < -0.4 is 5.32 Å². The predicted molar refractivity (Wildman–Crippen MR) is 91.1 cm³/mol. The third kappa shape index (κ3) is 2.79. The maximum absolute atomic E-state index is 6.25. The summed E-state index contributed by atoms with van der Waals surface area (Å²) in [6.45, 7) is 0.600. The average Bonchev–Trinajstić information content (AvgIpc) is 2.88. The van der Waals surface area contributed by atoms with Gasteiger partial charge in [0, 0.05) is 16.0 Å². The highest BCUT2D eigenvalue weighted by molar-refractivity contribution is 9.10. The van der Waals surface area contributed by atoms with E-state index in [9.17, 15) is 0 Å². The maximum atomic E-state index is 6.25. The molecule has 0 fully saturated rings. The smallest absolute Gasteiger partial charge is 0.106 e. The van der Waals surface area contributed by atoms with Crippen LogP contribution in [0.5, 0.6) is 0 Å². The van der Waals surface area contributed by atoms with Crippen LogP contribution in [0.15, 0.2) is 40.3 Å². The fraction of sp³-hybridized carbons (Fsp3) is 0.0714. The quantitative estimate of drug-likeness (QED) is 0.598. The van der Waals surface area contributed by atoms with E-state index in [1.54, 1.807) is 11.3 Å². The Bertz CT molecular complexity index is 773. The molecule has 0 aliphatic carbocycles. The van der Waals surface area contributed by atoms with E-state index in [0.29, 0.717) is 16.6 Å². The molecular formula is C14H9BrCl2N2S. The summed E-state index contributed by atoms with van der Waals surface area (Å²) in [5, 5.41) is 4.71. The molecule has 2 aromatic carbocycles. The van der Waals surface area contributed by atoms with Crippen LogP contribution in [0.25, 0.3) is 10.2 Å². The van der Waals surface area contributed by atoms with Crippen molar-refractivity contribution in [3.8, 4) is 0 Å². The number of halogens is 3. The van der Waals surface area contributed by atoms with Crippen molar-refractivity contribution in [1.82, 2.24) is 4.98 Å². The number of fused-ring (bicyclic) bond motifs is 1. The highest BCUT2D eigenvalue weighted by Gasteiger charge is 2.09. The second-order valence-corrected chi connectivity index (χ2v) is 6.83. The van der Waals surface area contributed by atoms with Crippen molar-refractivity contribution in [2.75, 3.05) is 5.32 Å². The Labute approximate surface area is 138 Å². The van der Waals surface area contributed by atoms with Gasteiger partial charge in [-0.2, -0.15) is 0 Å². The van der Waals surface area contributed by atoms with E-state index in [-0.39, 0.29) is 0 Å². The van der Waals surface area contributed by atoms with Gasteiger partial charge in [0.2, 0.25) is 0 Å². The number of thiazole rings is 1. The molecule has 0 radical (unpaired) electrons. The number of anilines is 1. The lowest BCUT2D eigenvalue weighted by molar-refractivity contribution is 1.15. The monoisotopic (exact) mass is 386 g/mol. The lowest BCUT2D eigenvalue weighted by Crippen LogP contribution is -2.01. The molecule has 3 rings (SSSR count). The third-order valence-corrected chi connectivity index (χ3v) is 4.88. The van der Waals surface area contributed by atoms with Crippen LogP contribution in [0.3, 0.4) is 0 Å². The minimum absolute atomic E-state index is 0.600. The lowest BCUT2D eigenvalue weighted by Gasteiger charge is -2.10. The summed E-state index contributed by atoms with van der Waals surface area (Å²) in [5.41, 5.74) is 4.58. The third-order valence-electron chi connectivity index (χ3n) is 2.92. The summed E-state index contributed by atoms with van der Waals surface area (Å²) in [4.78, 5) is 4.36. The molecule has 0 aliphatic heterocycles. The van der Waals surface area contributed by atoms with Crippen LogP contribution in [0.1, 0.15) is 5.56 Å². The lowest BCUT2D eigenvalue weighted by atomic mass is 10.2. The number of hydrogen-bond donors (Lipinski definition) is 1. The van der Waals surface area contributed by atoms with Crippen molar-refractivity contribution >= 4 is 66.4 Å². The average molecular weight is 388 g/mol. The normalized spacial score (nSPS) is 10.9. The topological polar surface area (TPSA) is 24.9 Å². The van der Waals surface area contributed by atoms with E-state index in [1.165, 1.54) is 0 Å². The van der Waals surface area contributed by atoms with Gasteiger partial charge in [0.25, 0.3) is 0 Å². The fourth-order valence-corrected chi connectivity index (χ4v) is 3.57. The van der Waals surface area contributed by atoms with Crippen LogP contribution in [0.4, 0.5) is 5.69 Å². The Morgan fingerprint density at radius 1 is 1.15 bits per heavy atom. The first-order valence-corrected chi connectivity index (χ1v) is 8.27. The molecule has 2 nitrogen and oxygen atoms in total. The molecule has 3 aromatic rings. The summed E-state index contributed by atoms with van der Waals surface area (Å²) in [6, 6.07) is 9.69. The Balaban J connectivity index is 1.90. The summed E-state index contributed by atoms with van der Waals surface area (Å²) >= 11 is 17.5. The maximum Gasteiger partial charge on any atom is 0.106 e. The van der Waals surface area contributed by atoms with Gasteiger partial charge in [-0.15, -0.1) is 11.3 Å². The van der Waals surface area contributed by atoms with Gasteiger partial charge in [0.1, 0.15) is 5.52 Å². The van der Waals surface area contributed by atoms with Crippen molar-refractivity contribution < 1.29 is 0 Å². The zero-order chi connectivity index (χ0) is 14.1. The zero-order valence-corrected chi connectivity index (χ0v) is 14.1.